The average molecular weight is 1060 g/mol. The summed E-state index contributed by atoms with van der Waals surface area (Å²) in [4.78, 5) is 80.3. The van der Waals surface area contributed by atoms with E-state index in [1.807, 2.05) is 76.5 Å². The predicted octanol–water partition coefficient (Wildman–Crippen LogP) is 5.63. The lowest BCUT2D eigenvalue weighted by Crippen LogP contribution is -2.74. The van der Waals surface area contributed by atoms with Crippen LogP contribution in [-0.4, -0.2) is 172 Å². The Hall–Kier alpha value is -6.04. The molecular weight excluding hydrogens is 983 g/mol. The van der Waals surface area contributed by atoms with Crippen LogP contribution in [0.5, 0.6) is 5.88 Å². The van der Waals surface area contributed by atoms with Crippen LogP contribution in [0.2, 0.25) is 0 Å². The van der Waals surface area contributed by atoms with Gasteiger partial charge in [0.2, 0.25) is 11.8 Å². The molecule has 6 heterocycles. The Morgan fingerprint density at radius 1 is 0.868 bits per heavy atom. The molecule has 3 aliphatic heterocycles. The summed E-state index contributed by atoms with van der Waals surface area (Å²) in [7, 11) is 0. The quantitative estimate of drug-likeness (QED) is 0.110. The molecule has 0 spiro atoms. The summed E-state index contributed by atoms with van der Waals surface area (Å²) < 4.78 is 12.3. The molecule has 408 valence electrons. The lowest BCUT2D eigenvalue weighted by atomic mass is 9.49. The maximum Gasteiger partial charge on any atom is 0.320 e. The number of amides is 3. The van der Waals surface area contributed by atoms with Crippen LogP contribution in [-0.2, 0) is 19.1 Å². The van der Waals surface area contributed by atoms with Gasteiger partial charge in [-0.2, -0.15) is 5.26 Å². The van der Waals surface area contributed by atoms with Crippen LogP contribution in [0, 0.1) is 41.4 Å². The van der Waals surface area contributed by atoms with Crippen molar-refractivity contribution in [2.75, 3.05) is 83.4 Å². The van der Waals surface area contributed by atoms with Crippen molar-refractivity contribution in [2.24, 2.45) is 16.2 Å². The first kappa shape index (κ1) is 56.2. The molecule has 18 nitrogen and oxygen atoms in total. The fourth-order valence-electron chi connectivity index (χ4n) is 11.8. The van der Waals surface area contributed by atoms with Crippen molar-refractivity contribution < 1.29 is 33.8 Å². The molecule has 0 radical (unpaired) electrons. The lowest BCUT2D eigenvalue weighted by Gasteiger charge is -2.62. The van der Waals surface area contributed by atoms with E-state index in [1.54, 1.807) is 36.6 Å². The van der Waals surface area contributed by atoms with Crippen LogP contribution in [0.1, 0.15) is 107 Å². The Morgan fingerprint density at radius 3 is 2.09 bits per heavy atom. The number of hydrogen-bond donors (Lipinski definition) is 3. The number of β-amino-alcohol motifs (C(OH)–C–C–N with tert-alkyl or cyclic N) is 1. The van der Waals surface area contributed by atoms with Crippen molar-refractivity contribution in [1.82, 2.24) is 45.2 Å². The summed E-state index contributed by atoms with van der Waals surface area (Å²) in [5.41, 5.74) is 4.88. The second-order valence-electron chi connectivity index (χ2n) is 23.4. The van der Waals surface area contributed by atoms with Crippen molar-refractivity contribution in [3.63, 3.8) is 0 Å². The zero-order valence-electron chi connectivity index (χ0n) is 46.0. The molecule has 4 fully saturated rings. The number of aliphatic hydroxyl groups is 1. The van der Waals surface area contributed by atoms with E-state index in [0.717, 1.165) is 86.3 Å². The molecule has 0 unspecified atom stereocenters. The number of aliphatic hydroxyl groups excluding tert-OH is 1. The van der Waals surface area contributed by atoms with Gasteiger partial charge in [0.25, 0.3) is 11.8 Å². The number of thiazole rings is 1. The zero-order valence-corrected chi connectivity index (χ0v) is 46.8. The van der Waals surface area contributed by atoms with Crippen LogP contribution in [0.25, 0.3) is 10.4 Å². The van der Waals surface area contributed by atoms with Gasteiger partial charge in [-0.1, -0.05) is 72.7 Å². The van der Waals surface area contributed by atoms with E-state index in [0.29, 0.717) is 35.8 Å². The maximum absolute atomic E-state index is 14.2. The van der Waals surface area contributed by atoms with Gasteiger partial charge in [-0.05, 0) is 69.6 Å². The molecule has 76 heavy (non-hydrogen) atoms. The largest absolute Gasteiger partial charge is 0.473 e. The summed E-state index contributed by atoms with van der Waals surface area (Å²) >= 11 is 1.58. The molecule has 3 amide bonds. The van der Waals surface area contributed by atoms with E-state index in [4.69, 9.17) is 14.5 Å². The molecule has 1 aliphatic carbocycles. The summed E-state index contributed by atoms with van der Waals surface area (Å²) in [6, 6.07) is 15.9. The Kier molecular flexibility index (Phi) is 17.2. The first-order chi connectivity index (χ1) is 36.0. The zero-order chi connectivity index (χ0) is 54.7. The van der Waals surface area contributed by atoms with E-state index in [9.17, 15) is 29.5 Å². The van der Waals surface area contributed by atoms with E-state index in [1.165, 1.54) is 4.90 Å². The number of nitrogens with zero attached hydrogens (tertiary/aromatic N) is 9. The molecular formula is C57H77N11O7S. The fraction of sp³-hybridized carbons (Fsp3) is 0.579. The normalized spacial score (nSPS) is 22.7. The lowest BCUT2D eigenvalue weighted by molar-refractivity contribution is -0.169. The minimum atomic E-state index is -1.14. The second kappa shape index (κ2) is 23.3. The third-order valence-electron chi connectivity index (χ3n) is 15.9. The van der Waals surface area contributed by atoms with Gasteiger partial charge < -0.3 is 39.9 Å². The average Bonchev–Trinajstić information content (AvgIpc) is 4.01. The van der Waals surface area contributed by atoms with Crippen LogP contribution < -0.4 is 20.3 Å². The molecule has 4 aromatic rings. The number of rotatable bonds is 17. The van der Waals surface area contributed by atoms with Gasteiger partial charge >= 0.3 is 5.97 Å². The molecule has 19 heteroatoms. The number of aryl methyl sites for hydroxylation is 2. The molecule has 0 bridgehead atoms. The van der Waals surface area contributed by atoms with Gasteiger partial charge in [-0.15, -0.1) is 11.3 Å². The minimum Gasteiger partial charge on any atom is -0.473 e. The predicted molar refractivity (Wildman–Crippen MR) is 292 cm³/mol. The third kappa shape index (κ3) is 12.7. The second-order valence-corrected chi connectivity index (χ2v) is 24.3. The van der Waals surface area contributed by atoms with Gasteiger partial charge in [0.1, 0.15) is 24.0 Å². The van der Waals surface area contributed by atoms with Crippen LogP contribution in [0.15, 0.2) is 60.2 Å². The Morgan fingerprint density at radius 2 is 1.51 bits per heavy atom. The van der Waals surface area contributed by atoms with E-state index >= 15 is 0 Å². The van der Waals surface area contributed by atoms with Gasteiger partial charge in [0, 0.05) is 99.9 Å². The summed E-state index contributed by atoms with van der Waals surface area (Å²) in [5, 5.41) is 26.3. The number of anilines is 1. The van der Waals surface area contributed by atoms with Crippen LogP contribution >= 0.6 is 11.3 Å². The maximum atomic E-state index is 14.2. The smallest absolute Gasteiger partial charge is 0.320 e. The number of aromatic nitrogens is 3. The Labute approximate surface area is 452 Å². The minimum absolute atomic E-state index is 0.0219. The number of pyridine rings is 2. The first-order valence-electron chi connectivity index (χ1n) is 26.8. The standard InChI is InChI=1S/C57H77N11O7S/c1-36(39-12-14-40(15-13-39)48-38(3)60-35-76-48)62-51(72)44-30-43(69)33-68(44)52(73)49(55(4,5)6)75-47(70)34-66-24-22-64(23-25-66)20-11-21-65-26-28-67(29-27-65)45-18-16-42(32-59-45)50(71)63-53-56(7,8)54(57(53,9)10)74-46-19-17-41(31-58)37(2)61-46/h12-19,32,35-36,43-44,49,53-54,69H,11,20-30,33-34H2,1-10H3,(H,62,72)(H,63,71)/t36-,43+,44-,49+,53?,54?/m0/s1. The topological polar surface area (TPSA) is 210 Å². The number of hydrogen-bond acceptors (Lipinski definition) is 16. The highest BCUT2D eigenvalue weighted by Gasteiger charge is 2.64. The number of esters is 1. The van der Waals surface area contributed by atoms with Crippen molar-refractivity contribution >= 4 is 40.8 Å². The molecule has 3 saturated heterocycles. The number of carbonyl (C=O) groups excluding carboxylic acids is 4. The van der Waals surface area contributed by atoms with Crippen LogP contribution in [0.4, 0.5) is 5.82 Å². The van der Waals surface area contributed by atoms with E-state index < -0.39 is 35.5 Å². The number of benzene rings is 1. The Balaban J connectivity index is 0.728. The molecule has 3 N–H and O–H groups in total. The SMILES string of the molecule is Cc1nc(OC2C(C)(C)C(NC(=O)c3ccc(N4CCN(CCCN5CCN(CC(=O)O[C@H](C(=O)N6C[C@H](O)C[C@H]6C(=O)N[C@@H](C)c6ccc(-c7scnc7C)cc6)C(C)(C)C)CC5)CC4)nc3)C2(C)C)ccc1C#N. The highest BCUT2D eigenvalue weighted by atomic mass is 32.1. The summed E-state index contributed by atoms with van der Waals surface area (Å²) in [6.45, 7) is 28.1. The monoisotopic (exact) mass is 1060 g/mol. The highest BCUT2D eigenvalue weighted by Crippen LogP contribution is 2.55. The number of nitrogens with one attached hydrogen (secondary N) is 2. The molecule has 8 rings (SSSR count). The number of ether oxygens (including phenoxy) is 2. The molecule has 4 aliphatic rings. The number of carbonyl (C=O) groups is 4. The number of likely N-dealkylation sites (tertiary alicyclic amines) is 1. The third-order valence-corrected chi connectivity index (χ3v) is 16.9. The molecule has 4 atom stereocenters. The van der Waals surface area contributed by atoms with Crippen molar-refractivity contribution in [3.8, 4) is 22.4 Å². The Bertz CT molecular complexity index is 2720. The van der Waals surface area contributed by atoms with Gasteiger partial charge in [0.05, 0.1) is 51.6 Å². The molecule has 1 saturated carbocycles. The van der Waals surface area contributed by atoms with Crippen molar-refractivity contribution in [3.05, 3.63) is 88.3 Å². The molecule has 1 aromatic carbocycles. The number of piperazine rings is 2. The highest BCUT2D eigenvalue weighted by molar-refractivity contribution is 7.13. The number of nitriles is 1. The fourth-order valence-corrected chi connectivity index (χ4v) is 12.6. The first-order valence-corrected chi connectivity index (χ1v) is 27.6. The van der Waals surface area contributed by atoms with Gasteiger partial charge in [0.15, 0.2) is 6.10 Å². The molecule has 3 aromatic heterocycles. The van der Waals surface area contributed by atoms with E-state index in [2.05, 4.69) is 74.0 Å². The van der Waals surface area contributed by atoms with Gasteiger partial charge in [-0.3, -0.25) is 29.0 Å². The summed E-state index contributed by atoms with van der Waals surface area (Å²) in [5.74, 6) is -0.186. The van der Waals surface area contributed by atoms with Crippen molar-refractivity contribution in [2.45, 2.75) is 119 Å². The van der Waals surface area contributed by atoms with Gasteiger partial charge in [-0.25, -0.2) is 15.0 Å². The van der Waals surface area contributed by atoms with Crippen LogP contribution in [0.3, 0.4) is 0 Å². The van der Waals surface area contributed by atoms with E-state index in [-0.39, 0.29) is 60.3 Å². The summed E-state index contributed by atoms with van der Waals surface area (Å²) in [6.07, 6.45) is 0.555. The van der Waals surface area contributed by atoms with Crippen molar-refractivity contribution in [1.29, 1.82) is 5.26 Å².